The van der Waals surface area contributed by atoms with Crippen LogP contribution in [-0.2, 0) is 13.0 Å². The molecule has 0 spiro atoms. The van der Waals surface area contributed by atoms with Crippen LogP contribution in [0.15, 0.2) is 28.8 Å². The zero-order chi connectivity index (χ0) is 13.9. The molecule has 1 heterocycles. The van der Waals surface area contributed by atoms with E-state index in [0.29, 0.717) is 24.7 Å². The molecular formula is C14H18ClN3O. The van der Waals surface area contributed by atoms with Gasteiger partial charge in [0.1, 0.15) is 0 Å². The fourth-order valence-electron chi connectivity index (χ4n) is 1.56. The highest BCUT2D eigenvalue weighted by atomic mass is 35.5. The molecule has 102 valence electrons. The van der Waals surface area contributed by atoms with Gasteiger partial charge >= 0.3 is 0 Å². The van der Waals surface area contributed by atoms with Gasteiger partial charge in [0, 0.05) is 17.0 Å². The molecule has 1 aromatic carbocycles. The summed E-state index contributed by atoms with van der Waals surface area (Å²) in [7, 11) is 0. The molecule has 5 heteroatoms. The van der Waals surface area contributed by atoms with Gasteiger partial charge in [-0.3, -0.25) is 0 Å². The summed E-state index contributed by atoms with van der Waals surface area (Å²) < 4.78 is 5.21. The molecule has 0 saturated carbocycles. The lowest BCUT2D eigenvalue weighted by Gasteiger charge is -2.18. The van der Waals surface area contributed by atoms with E-state index in [2.05, 4.69) is 36.2 Å². The highest BCUT2D eigenvalue weighted by Crippen LogP contribution is 2.12. The number of nitrogens with zero attached hydrogens (tertiary/aromatic N) is 2. The van der Waals surface area contributed by atoms with E-state index in [1.54, 1.807) is 0 Å². The third-order valence-corrected chi connectivity index (χ3v) is 2.81. The van der Waals surface area contributed by atoms with Gasteiger partial charge in [0.05, 0.1) is 6.54 Å². The first-order valence-corrected chi connectivity index (χ1v) is 6.61. The second-order valence-corrected chi connectivity index (χ2v) is 5.95. The van der Waals surface area contributed by atoms with Crippen molar-refractivity contribution in [2.24, 2.45) is 0 Å². The zero-order valence-electron chi connectivity index (χ0n) is 11.4. The first-order chi connectivity index (χ1) is 8.92. The van der Waals surface area contributed by atoms with Crippen LogP contribution in [0.1, 0.15) is 38.0 Å². The van der Waals surface area contributed by atoms with Crippen LogP contribution in [0, 0.1) is 0 Å². The van der Waals surface area contributed by atoms with E-state index in [1.807, 2.05) is 24.3 Å². The van der Waals surface area contributed by atoms with Crippen LogP contribution in [0.2, 0.25) is 5.02 Å². The smallest absolute Gasteiger partial charge is 0.240 e. The van der Waals surface area contributed by atoms with Gasteiger partial charge in [0.2, 0.25) is 5.89 Å². The summed E-state index contributed by atoms with van der Waals surface area (Å²) in [4.78, 5) is 4.36. The average molecular weight is 280 g/mol. The summed E-state index contributed by atoms with van der Waals surface area (Å²) in [6, 6.07) is 7.65. The molecule has 1 N–H and O–H groups in total. The molecule has 0 aliphatic rings. The van der Waals surface area contributed by atoms with Crippen LogP contribution < -0.4 is 5.32 Å². The fourth-order valence-corrected chi connectivity index (χ4v) is 1.69. The van der Waals surface area contributed by atoms with Gasteiger partial charge in [-0.15, -0.1) is 0 Å². The minimum absolute atomic E-state index is 0.0326. The Morgan fingerprint density at radius 2 is 1.89 bits per heavy atom. The van der Waals surface area contributed by atoms with Crippen molar-refractivity contribution in [2.75, 3.05) is 0 Å². The van der Waals surface area contributed by atoms with Gasteiger partial charge in [-0.2, -0.15) is 4.98 Å². The van der Waals surface area contributed by atoms with Gasteiger partial charge < -0.3 is 9.84 Å². The largest absolute Gasteiger partial charge is 0.338 e. The minimum atomic E-state index is 0.0326. The molecule has 0 amide bonds. The van der Waals surface area contributed by atoms with E-state index in [9.17, 15) is 0 Å². The number of nitrogens with one attached hydrogen (secondary N) is 1. The van der Waals surface area contributed by atoms with Gasteiger partial charge in [0.15, 0.2) is 5.82 Å². The van der Waals surface area contributed by atoms with Crippen LogP contribution >= 0.6 is 11.6 Å². The molecule has 4 nitrogen and oxygen atoms in total. The summed E-state index contributed by atoms with van der Waals surface area (Å²) >= 11 is 5.84. The Morgan fingerprint density at radius 1 is 1.21 bits per heavy atom. The lowest BCUT2D eigenvalue weighted by Crippen LogP contribution is -2.35. The number of halogens is 1. The highest BCUT2D eigenvalue weighted by Gasteiger charge is 2.12. The number of hydrogen-bond donors (Lipinski definition) is 1. The molecule has 0 radical (unpaired) electrons. The third kappa shape index (κ3) is 4.65. The summed E-state index contributed by atoms with van der Waals surface area (Å²) in [5.74, 6) is 1.30. The number of rotatable bonds is 4. The summed E-state index contributed by atoms with van der Waals surface area (Å²) in [5.41, 5.74) is 1.14. The van der Waals surface area contributed by atoms with Crippen molar-refractivity contribution in [1.82, 2.24) is 15.5 Å². The van der Waals surface area contributed by atoms with Crippen LogP contribution in [0.3, 0.4) is 0 Å². The standard InChI is InChI=1S/C14H18ClN3O/c1-14(2,3)16-9-13-17-12(18-19-13)8-10-4-6-11(15)7-5-10/h4-7,16H,8-9H2,1-3H3. The molecule has 0 bridgehead atoms. The topological polar surface area (TPSA) is 51.0 Å². The molecule has 2 aromatic rings. The van der Waals surface area contributed by atoms with Crippen molar-refractivity contribution in [3.63, 3.8) is 0 Å². The van der Waals surface area contributed by atoms with Gasteiger partial charge in [0.25, 0.3) is 0 Å². The second kappa shape index (κ2) is 5.72. The predicted molar refractivity (Wildman–Crippen MR) is 75.1 cm³/mol. The van der Waals surface area contributed by atoms with Gasteiger partial charge in [-0.05, 0) is 38.5 Å². The maximum Gasteiger partial charge on any atom is 0.240 e. The van der Waals surface area contributed by atoms with Crippen molar-refractivity contribution in [2.45, 2.75) is 39.3 Å². The second-order valence-electron chi connectivity index (χ2n) is 5.51. The molecule has 19 heavy (non-hydrogen) atoms. The van der Waals surface area contributed by atoms with E-state index in [1.165, 1.54) is 0 Å². The quantitative estimate of drug-likeness (QED) is 0.934. The fraction of sp³-hybridized carbons (Fsp3) is 0.429. The van der Waals surface area contributed by atoms with Crippen molar-refractivity contribution >= 4 is 11.6 Å². The van der Waals surface area contributed by atoms with E-state index < -0.39 is 0 Å². The lowest BCUT2D eigenvalue weighted by molar-refractivity contribution is 0.334. The van der Waals surface area contributed by atoms with E-state index >= 15 is 0 Å². The van der Waals surface area contributed by atoms with Gasteiger partial charge in [-0.25, -0.2) is 0 Å². The Hall–Kier alpha value is -1.39. The minimum Gasteiger partial charge on any atom is -0.338 e. The SMILES string of the molecule is CC(C)(C)NCc1nc(Cc2ccc(Cl)cc2)no1. The number of benzene rings is 1. The van der Waals surface area contributed by atoms with Crippen LogP contribution in [0.4, 0.5) is 0 Å². The molecular weight excluding hydrogens is 262 g/mol. The van der Waals surface area contributed by atoms with E-state index in [4.69, 9.17) is 16.1 Å². The first-order valence-electron chi connectivity index (χ1n) is 6.23. The Labute approximate surface area is 118 Å². The van der Waals surface area contributed by atoms with Crippen LogP contribution in [0.25, 0.3) is 0 Å². The highest BCUT2D eigenvalue weighted by molar-refractivity contribution is 6.30. The Bertz CT molecular complexity index is 528. The van der Waals surface area contributed by atoms with Crippen molar-refractivity contribution in [1.29, 1.82) is 0 Å². The molecule has 0 aliphatic carbocycles. The summed E-state index contributed by atoms with van der Waals surface area (Å²) in [6.07, 6.45) is 0.649. The summed E-state index contributed by atoms with van der Waals surface area (Å²) in [5, 5.41) is 8.01. The normalized spacial score (nSPS) is 11.8. The monoisotopic (exact) mass is 279 g/mol. The Balaban J connectivity index is 1.95. The molecule has 0 saturated heterocycles. The molecule has 0 atom stereocenters. The predicted octanol–water partition coefficient (Wildman–Crippen LogP) is 3.20. The molecule has 0 fully saturated rings. The van der Waals surface area contributed by atoms with E-state index in [-0.39, 0.29) is 5.54 Å². The molecule has 0 aliphatic heterocycles. The van der Waals surface area contributed by atoms with Crippen LogP contribution in [0.5, 0.6) is 0 Å². The number of aromatic nitrogens is 2. The zero-order valence-corrected chi connectivity index (χ0v) is 12.2. The molecule has 0 unspecified atom stereocenters. The van der Waals surface area contributed by atoms with Crippen molar-refractivity contribution in [3.05, 3.63) is 46.6 Å². The van der Waals surface area contributed by atoms with Crippen molar-refractivity contribution < 1.29 is 4.52 Å². The molecule has 2 rings (SSSR count). The maximum absolute atomic E-state index is 5.84. The summed E-state index contributed by atoms with van der Waals surface area (Å²) in [6.45, 7) is 6.87. The maximum atomic E-state index is 5.84. The Morgan fingerprint density at radius 3 is 2.53 bits per heavy atom. The lowest BCUT2D eigenvalue weighted by atomic mass is 10.1. The number of hydrogen-bond acceptors (Lipinski definition) is 4. The first kappa shape index (κ1) is 14.0. The van der Waals surface area contributed by atoms with Crippen LogP contribution in [-0.4, -0.2) is 15.7 Å². The van der Waals surface area contributed by atoms with Gasteiger partial charge in [-0.1, -0.05) is 28.9 Å². The van der Waals surface area contributed by atoms with E-state index in [0.717, 1.165) is 10.6 Å². The third-order valence-electron chi connectivity index (χ3n) is 2.56. The average Bonchev–Trinajstić information content (AvgIpc) is 2.77. The van der Waals surface area contributed by atoms with Crippen molar-refractivity contribution in [3.8, 4) is 0 Å². The molecule has 1 aromatic heterocycles. The Kier molecular flexibility index (Phi) is 4.22.